The number of Topliss-reactive ketones (excluding diaryl/α,β-unsaturated/α-hetero) is 1. The Labute approximate surface area is 124 Å². The maximum Gasteiger partial charge on any atom is 0.176 e. The van der Waals surface area contributed by atoms with Crippen molar-refractivity contribution < 1.29 is 9.53 Å². The molecule has 1 rings (SSSR count). The number of hydrogen-bond donors (Lipinski definition) is 0. The fourth-order valence-corrected chi connectivity index (χ4v) is 2.17. The van der Waals surface area contributed by atoms with Gasteiger partial charge in [-0.05, 0) is 61.4 Å². The second-order valence-electron chi connectivity index (χ2n) is 5.29. The first kappa shape index (κ1) is 16.2. The summed E-state index contributed by atoms with van der Waals surface area (Å²) in [7, 11) is 3.60. The van der Waals surface area contributed by atoms with Crippen LogP contribution in [-0.4, -0.2) is 36.9 Å². The van der Waals surface area contributed by atoms with Crippen molar-refractivity contribution in [2.45, 2.75) is 32.7 Å². The van der Waals surface area contributed by atoms with E-state index < -0.39 is 0 Å². The average Bonchev–Trinajstić information content (AvgIpc) is 2.38. The van der Waals surface area contributed by atoms with E-state index in [2.05, 4.69) is 41.6 Å². The summed E-state index contributed by atoms with van der Waals surface area (Å²) in [5.74, 6) is 0.853. The molecule has 19 heavy (non-hydrogen) atoms. The quantitative estimate of drug-likeness (QED) is 0.745. The minimum Gasteiger partial charge on any atom is -0.496 e. The van der Waals surface area contributed by atoms with E-state index in [9.17, 15) is 4.79 Å². The Bertz CT molecular complexity index is 457. The minimum atomic E-state index is 0.0271. The summed E-state index contributed by atoms with van der Waals surface area (Å²) in [6.07, 6.45) is 1.00. The highest BCUT2D eigenvalue weighted by molar-refractivity contribution is 9.10. The largest absolute Gasteiger partial charge is 0.496 e. The van der Waals surface area contributed by atoms with E-state index in [1.807, 2.05) is 19.2 Å². The lowest BCUT2D eigenvalue weighted by atomic mass is 9.99. The summed E-state index contributed by atoms with van der Waals surface area (Å²) in [5, 5.41) is 0. The van der Waals surface area contributed by atoms with Crippen molar-refractivity contribution >= 4 is 21.7 Å². The number of carbonyl (C=O) groups is 1. The predicted molar refractivity (Wildman–Crippen MR) is 82.0 cm³/mol. The molecule has 0 saturated heterocycles. The van der Waals surface area contributed by atoms with Crippen LogP contribution in [-0.2, 0) is 0 Å². The van der Waals surface area contributed by atoms with Gasteiger partial charge >= 0.3 is 0 Å². The number of carbonyl (C=O) groups excluding carboxylic acids is 1. The van der Waals surface area contributed by atoms with Crippen molar-refractivity contribution in [2.75, 3.05) is 20.7 Å². The maximum absolute atomic E-state index is 12.3. The van der Waals surface area contributed by atoms with Gasteiger partial charge in [0, 0.05) is 11.1 Å². The first-order chi connectivity index (χ1) is 8.81. The third-order valence-corrected chi connectivity index (χ3v) is 4.37. The Morgan fingerprint density at radius 2 is 2.05 bits per heavy atom. The van der Waals surface area contributed by atoms with E-state index in [0.717, 1.165) is 16.6 Å². The molecule has 0 amide bonds. The second-order valence-corrected chi connectivity index (χ2v) is 6.15. The van der Waals surface area contributed by atoms with Gasteiger partial charge in [-0.2, -0.15) is 0 Å². The van der Waals surface area contributed by atoms with E-state index in [-0.39, 0.29) is 11.3 Å². The van der Waals surface area contributed by atoms with Gasteiger partial charge in [-0.25, -0.2) is 0 Å². The zero-order valence-corrected chi connectivity index (χ0v) is 13.9. The lowest BCUT2D eigenvalue weighted by Gasteiger charge is -2.34. The van der Waals surface area contributed by atoms with Gasteiger partial charge in [0.1, 0.15) is 5.75 Å². The van der Waals surface area contributed by atoms with Crippen LogP contribution in [0, 0.1) is 0 Å². The van der Waals surface area contributed by atoms with Gasteiger partial charge in [0.15, 0.2) is 5.78 Å². The van der Waals surface area contributed by atoms with Gasteiger partial charge < -0.3 is 4.74 Å². The minimum absolute atomic E-state index is 0.0271. The molecule has 0 radical (unpaired) electrons. The van der Waals surface area contributed by atoms with Crippen LogP contribution >= 0.6 is 15.9 Å². The molecule has 0 aliphatic heterocycles. The van der Waals surface area contributed by atoms with Gasteiger partial charge in [0.05, 0.1) is 18.1 Å². The lowest BCUT2D eigenvalue weighted by Crippen LogP contribution is -2.43. The van der Waals surface area contributed by atoms with Crippen LogP contribution in [0.4, 0.5) is 0 Å². The average molecular weight is 328 g/mol. The smallest absolute Gasteiger partial charge is 0.176 e. The fraction of sp³-hybridized carbons (Fsp3) is 0.533. The van der Waals surface area contributed by atoms with Gasteiger partial charge in [-0.15, -0.1) is 0 Å². The normalized spacial score (nSPS) is 11.7. The summed E-state index contributed by atoms with van der Waals surface area (Å²) in [4.78, 5) is 14.4. The highest BCUT2D eigenvalue weighted by Gasteiger charge is 2.23. The summed E-state index contributed by atoms with van der Waals surface area (Å²) in [6.45, 7) is 6.83. The topological polar surface area (TPSA) is 29.5 Å². The molecule has 0 N–H and O–H groups in total. The Morgan fingerprint density at radius 1 is 1.42 bits per heavy atom. The number of ketones is 1. The molecular weight excluding hydrogens is 306 g/mol. The number of nitrogens with zero attached hydrogens (tertiary/aromatic N) is 1. The van der Waals surface area contributed by atoms with Crippen LogP contribution in [0.3, 0.4) is 0 Å². The lowest BCUT2D eigenvalue weighted by molar-refractivity contribution is 0.0847. The summed E-state index contributed by atoms with van der Waals surface area (Å²) >= 11 is 3.40. The maximum atomic E-state index is 12.3. The molecule has 1 aromatic carbocycles. The molecule has 0 saturated carbocycles. The molecule has 0 heterocycles. The van der Waals surface area contributed by atoms with Crippen molar-refractivity contribution in [3.8, 4) is 5.75 Å². The van der Waals surface area contributed by atoms with Crippen molar-refractivity contribution in [2.24, 2.45) is 0 Å². The molecule has 0 fully saturated rings. The van der Waals surface area contributed by atoms with Crippen LogP contribution in [0.25, 0.3) is 0 Å². The van der Waals surface area contributed by atoms with Crippen molar-refractivity contribution in [1.29, 1.82) is 0 Å². The molecule has 0 spiro atoms. The molecule has 4 heteroatoms. The molecule has 106 valence electrons. The van der Waals surface area contributed by atoms with Crippen LogP contribution in [0.2, 0.25) is 0 Å². The highest BCUT2D eigenvalue weighted by atomic mass is 79.9. The summed E-state index contributed by atoms with van der Waals surface area (Å²) in [5.41, 5.74) is 0.728. The Kier molecular flexibility index (Phi) is 5.56. The van der Waals surface area contributed by atoms with E-state index in [4.69, 9.17) is 4.74 Å². The highest BCUT2D eigenvalue weighted by Crippen LogP contribution is 2.26. The molecule has 1 aromatic rings. The fourth-order valence-electron chi connectivity index (χ4n) is 1.63. The molecule has 0 aromatic heterocycles. The summed E-state index contributed by atoms with van der Waals surface area (Å²) < 4.78 is 5.97. The van der Waals surface area contributed by atoms with Crippen LogP contribution in [0.5, 0.6) is 5.75 Å². The Balaban J connectivity index is 2.82. The van der Waals surface area contributed by atoms with Crippen molar-refractivity contribution in [3.63, 3.8) is 0 Å². The molecular formula is C15H22BrNO2. The molecule has 0 aliphatic rings. The Morgan fingerprint density at radius 3 is 2.53 bits per heavy atom. The predicted octanol–water partition coefficient (Wildman–Crippen LogP) is 3.76. The van der Waals surface area contributed by atoms with Gasteiger partial charge in [-0.1, -0.05) is 6.92 Å². The van der Waals surface area contributed by atoms with Crippen LogP contribution < -0.4 is 4.74 Å². The third kappa shape index (κ3) is 4.05. The Hall–Kier alpha value is -0.870. The van der Waals surface area contributed by atoms with Crippen molar-refractivity contribution in [1.82, 2.24) is 4.90 Å². The molecule has 0 unspecified atom stereocenters. The SMILES string of the molecule is CCC(C)(C)N(C)CC(=O)c1ccc(OC)c(Br)c1. The van der Waals surface area contributed by atoms with E-state index in [1.165, 1.54) is 0 Å². The first-order valence-electron chi connectivity index (χ1n) is 6.39. The molecule has 0 atom stereocenters. The second kappa shape index (κ2) is 6.53. The number of ether oxygens (including phenoxy) is 1. The van der Waals surface area contributed by atoms with Crippen LogP contribution in [0.15, 0.2) is 22.7 Å². The molecule has 0 aliphatic carbocycles. The van der Waals surface area contributed by atoms with E-state index in [1.54, 1.807) is 13.2 Å². The first-order valence-corrected chi connectivity index (χ1v) is 7.19. The monoisotopic (exact) mass is 327 g/mol. The standard InChI is InChI=1S/C15H22BrNO2/c1-6-15(2,3)17(4)10-13(18)11-7-8-14(19-5)12(16)9-11/h7-9H,6,10H2,1-5H3. The number of halogens is 1. The van der Waals surface area contributed by atoms with E-state index in [0.29, 0.717) is 12.1 Å². The zero-order valence-electron chi connectivity index (χ0n) is 12.3. The number of likely N-dealkylation sites (N-methyl/N-ethyl adjacent to an activating group) is 1. The van der Waals surface area contributed by atoms with Crippen molar-refractivity contribution in [3.05, 3.63) is 28.2 Å². The number of methoxy groups -OCH3 is 1. The molecule has 3 nitrogen and oxygen atoms in total. The van der Waals surface area contributed by atoms with Gasteiger partial charge in [-0.3, -0.25) is 9.69 Å². The zero-order chi connectivity index (χ0) is 14.6. The van der Waals surface area contributed by atoms with Gasteiger partial charge in [0.2, 0.25) is 0 Å². The number of rotatable bonds is 6. The third-order valence-electron chi connectivity index (χ3n) is 3.75. The van der Waals surface area contributed by atoms with E-state index >= 15 is 0 Å². The number of hydrogen-bond acceptors (Lipinski definition) is 3. The van der Waals surface area contributed by atoms with Crippen LogP contribution in [0.1, 0.15) is 37.6 Å². The summed E-state index contributed by atoms with van der Waals surface area (Å²) in [6, 6.07) is 5.43. The number of benzene rings is 1. The molecule has 0 bridgehead atoms. The van der Waals surface area contributed by atoms with Gasteiger partial charge in [0.25, 0.3) is 0 Å².